The lowest BCUT2D eigenvalue weighted by molar-refractivity contribution is -0.144. The standard InChI is InChI=1S/C57H57Cl3N6O15/c58-22-19-46(67)73-25-4-1-7-28-76-55(70)40-16-10-13-37(31-40)49-61-52(79-64-49)43-34-44(53-62-50(65-80-53)38-14-11-17-41(32-38)56(71)77-29-8-2-5-26-74-47(68)20-23-59)36-45(35-43)54-63-51(66-81-54)39-15-12-18-42(33-39)57(72)78-30-9-3-6-27-75-48(69)21-24-60/h10-18,31-36H,1-9,19-30H2. The first-order valence-electron chi connectivity index (χ1n) is 26.2. The van der Waals surface area contributed by atoms with E-state index in [2.05, 4.69) is 30.4 Å². The quantitative estimate of drug-likeness (QED) is 0.0160. The third kappa shape index (κ3) is 19.1. The smallest absolute Gasteiger partial charge is 0.338 e. The van der Waals surface area contributed by atoms with E-state index in [4.69, 9.17) is 76.8 Å². The zero-order valence-corrected chi connectivity index (χ0v) is 46.2. The number of ether oxygens (including phenoxy) is 6. The molecule has 7 aromatic rings. The van der Waals surface area contributed by atoms with Crippen molar-refractivity contribution >= 4 is 70.6 Å². The maximum Gasteiger partial charge on any atom is 0.338 e. The van der Waals surface area contributed by atoms with Gasteiger partial charge < -0.3 is 42.0 Å². The lowest BCUT2D eigenvalue weighted by Gasteiger charge is -2.06. The van der Waals surface area contributed by atoms with Gasteiger partial charge in [-0.3, -0.25) is 14.4 Å². The molecule has 3 aromatic heterocycles. The van der Waals surface area contributed by atoms with Crippen LogP contribution in [0.2, 0.25) is 0 Å². The molecule has 426 valence electrons. The molecule has 0 fully saturated rings. The van der Waals surface area contributed by atoms with Crippen molar-refractivity contribution in [3.63, 3.8) is 0 Å². The van der Waals surface area contributed by atoms with Crippen LogP contribution in [-0.4, -0.2) is 124 Å². The number of nitrogens with zero attached hydrogens (tertiary/aromatic N) is 6. The zero-order valence-electron chi connectivity index (χ0n) is 44.0. The Hall–Kier alpha value is -8.01. The number of hydrogen-bond donors (Lipinski definition) is 0. The number of esters is 6. The van der Waals surface area contributed by atoms with Crippen molar-refractivity contribution in [1.29, 1.82) is 0 Å². The third-order valence-electron chi connectivity index (χ3n) is 11.8. The summed E-state index contributed by atoms with van der Waals surface area (Å²) in [6, 6.07) is 24.8. The summed E-state index contributed by atoms with van der Waals surface area (Å²) in [5.74, 6) is -1.44. The fourth-order valence-corrected chi connectivity index (χ4v) is 8.08. The predicted octanol–water partition coefficient (Wildman–Crippen LogP) is 11.3. The molecule has 0 aliphatic carbocycles. The highest BCUT2D eigenvalue weighted by atomic mass is 35.5. The summed E-state index contributed by atoms with van der Waals surface area (Å²) in [4.78, 5) is 87.8. The molecule has 0 atom stereocenters. The van der Waals surface area contributed by atoms with Gasteiger partial charge in [0, 0.05) is 51.0 Å². The van der Waals surface area contributed by atoms with Gasteiger partial charge in [0.2, 0.25) is 17.5 Å². The number of unbranched alkanes of at least 4 members (excludes halogenated alkanes) is 6. The summed E-state index contributed by atoms with van der Waals surface area (Å²) in [5, 5.41) is 12.7. The van der Waals surface area contributed by atoms with Crippen molar-refractivity contribution in [3.05, 3.63) is 108 Å². The summed E-state index contributed by atoms with van der Waals surface area (Å²) in [5.41, 5.74) is 3.31. The van der Waals surface area contributed by atoms with Gasteiger partial charge in [-0.25, -0.2) is 14.4 Å². The normalized spacial score (nSPS) is 11.0. The highest BCUT2D eigenvalue weighted by Crippen LogP contribution is 2.34. The van der Waals surface area contributed by atoms with Gasteiger partial charge in [-0.15, -0.1) is 34.8 Å². The molecule has 21 nitrogen and oxygen atoms in total. The lowest BCUT2D eigenvalue weighted by atomic mass is 10.0. The fourth-order valence-electron chi connectivity index (χ4n) is 7.62. The van der Waals surface area contributed by atoms with Crippen LogP contribution in [0.5, 0.6) is 0 Å². The molecule has 4 aromatic carbocycles. The van der Waals surface area contributed by atoms with Crippen molar-refractivity contribution in [2.24, 2.45) is 0 Å². The molecule has 0 aliphatic rings. The van der Waals surface area contributed by atoms with E-state index in [1.54, 1.807) is 91.0 Å². The van der Waals surface area contributed by atoms with Crippen molar-refractivity contribution in [2.75, 3.05) is 57.3 Å². The summed E-state index contributed by atoms with van der Waals surface area (Å²) in [6.07, 6.45) is 6.05. The van der Waals surface area contributed by atoms with Crippen LogP contribution in [0.1, 0.15) is 108 Å². The van der Waals surface area contributed by atoms with Crippen LogP contribution < -0.4 is 0 Å². The first kappa shape index (κ1) is 60.6. The topological polar surface area (TPSA) is 275 Å². The summed E-state index contributed by atoms with van der Waals surface area (Å²) in [6.45, 7) is 1.28. The molecule has 0 saturated carbocycles. The SMILES string of the molecule is O=C(CCCl)OCCCCCOC(=O)c1cccc(-c2noc(-c3cc(-c4nc(-c5cccc(C(=O)OCCCCCOC(=O)CCCl)c5)no4)cc(-c4nc(-c5cccc(C(=O)OCCCCCOC(=O)CCCl)c5)no4)c3)n2)c1. The molecule has 0 amide bonds. The Labute approximate surface area is 480 Å². The molecule has 0 radical (unpaired) electrons. The lowest BCUT2D eigenvalue weighted by Crippen LogP contribution is -2.08. The Balaban J connectivity index is 1.07. The second kappa shape index (κ2) is 32.3. The minimum atomic E-state index is -0.546. The highest BCUT2D eigenvalue weighted by Gasteiger charge is 2.22. The fraction of sp³-hybridized carbons (Fsp3) is 0.368. The molecule has 3 heterocycles. The number of hydrogen-bond acceptors (Lipinski definition) is 21. The highest BCUT2D eigenvalue weighted by molar-refractivity contribution is 6.19. The van der Waals surface area contributed by atoms with Crippen molar-refractivity contribution in [3.8, 4) is 68.5 Å². The first-order chi connectivity index (χ1) is 39.5. The van der Waals surface area contributed by atoms with Crippen molar-refractivity contribution in [2.45, 2.75) is 77.0 Å². The average Bonchev–Trinajstić information content (AvgIpc) is 4.36. The minimum Gasteiger partial charge on any atom is -0.466 e. The van der Waals surface area contributed by atoms with Gasteiger partial charge in [0.05, 0.1) is 75.6 Å². The van der Waals surface area contributed by atoms with Gasteiger partial charge in [0.25, 0.3) is 17.7 Å². The Morgan fingerprint density at radius 3 is 0.889 bits per heavy atom. The Morgan fingerprint density at radius 2 is 0.617 bits per heavy atom. The number of rotatable bonds is 33. The van der Waals surface area contributed by atoms with Crippen LogP contribution in [0.25, 0.3) is 68.5 Å². The molecular formula is C57H57Cl3N6O15. The van der Waals surface area contributed by atoms with Gasteiger partial charge in [0.15, 0.2) is 0 Å². The molecule has 81 heavy (non-hydrogen) atoms. The molecule has 0 N–H and O–H groups in total. The number of alkyl halides is 3. The number of halogens is 3. The van der Waals surface area contributed by atoms with E-state index in [1.807, 2.05) is 0 Å². The van der Waals surface area contributed by atoms with Gasteiger partial charge in [-0.2, -0.15) is 15.0 Å². The molecule has 0 bridgehead atoms. The number of carbonyl (C=O) groups is 6. The number of carbonyl (C=O) groups excluding carboxylic acids is 6. The van der Waals surface area contributed by atoms with E-state index in [-0.39, 0.29) is 146 Å². The molecule has 0 saturated heterocycles. The minimum absolute atomic E-state index is 0.0581. The van der Waals surface area contributed by atoms with Crippen LogP contribution in [0.15, 0.2) is 105 Å². The Bertz CT molecular complexity index is 2870. The van der Waals surface area contributed by atoms with E-state index >= 15 is 0 Å². The van der Waals surface area contributed by atoms with Crippen LogP contribution >= 0.6 is 34.8 Å². The molecule has 0 unspecified atom stereocenters. The van der Waals surface area contributed by atoms with Crippen LogP contribution in [0, 0.1) is 0 Å². The van der Waals surface area contributed by atoms with E-state index in [1.165, 1.54) is 0 Å². The maximum absolute atomic E-state index is 13.1. The largest absolute Gasteiger partial charge is 0.466 e. The summed E-state index contributed by atoms with van der Waals surface area (Å²) in [7, 11) is 0. The van der Waals surface area contributed by atoms with Crippen LogP contribution in [0.4, 0.5) is 0 Å². The molecule has 0 spiro atoms. The third-order valence-corrected chi connectivity index (χ3v) is 12.3. The van der Waals surface area contributed by atoms with Crippen LogP contribution in [0.3, 0.4) is 0 Å². The summed E-state index contributed by atoms with van der Waals surface area (Å²) >= 11 is 16.7. The first-order valence-corrected chi connectivity index (χ1v) is 27.8. The van der Waals surface area contributed by atoms with Crippen molar-refractivity contribution in [1.82, 2.24) is 30.4 Å². The number of benzene rings is 4. The molecular weight excluding hydrogens is 1120 g/mol. The van der Waals surface area contributed by atoms with Gasteiger partial charge in [-0.1, -0.05) is 51.9 Å². The number of aromatic nitrogens is 6. The van der Waals surface area contributed by atoms with E-state index in [9.17, 15) is 28.8 Å². The molecule has 24 heteroatoms. The Kier molecular flexibility index (Phi) is 24.2. The summed E-state index contributed by atoms with van der Waals surface area (Å²) < 4.78 is 49.2. The van der Waals surface area contributed by atoms with Crippen LogP contribution in [-0.2, 0) is 42.8 Å². The predicted molar refractivity (Wildman–Crippen MR) is 294 cm³/mol. The second-order valence-corrected chi connectivity index (χ2v) is 19.0. The zero-order chi connectivity index (χ0) is 57.2. The van der Waals surface area contributed by atoms with Gasteiger partial charge in [0.1, 0.15) is 0 Å². The van der Waals surface area contributed by atoms with Crippen molar-refractivity contribution < 1.29 is 70.8 Å². The van der Waals surface area contributed by atoms with Gasteiger partial charge in [-0.05, 0) is 112 Å². The average molecular weight is 1170 g/mol. The van der Waals surface area contributed by atoms with E-state index in [0.29, 0.717) is 91.2 Å². The molecule has 0 aliphatic heterocycles. The van der Waals surface area contributed by atoms with E-state index in [0.717, 1.165) is 0 Å². The second-order valence-electron chi connectivity index (χ2n) is 17.9. The van der Waals surface area contributed by atoms with E-state index < -0.39 is 17.9 Å². The Morgan fingerprint density at radius 1 is 0.346 bits per heavy atom. The maximum atomic E-state index is 13.1. The molecule has 7 rings (SSSR count). The van der Waals surface area contributed by atoms with Gasteiger partial charge >= 0.3 is 35.8 Å². The monoisotopic (exact) mass is 1170 g/mol.